The molecule has 0 atom stereocenters. The van der Waals surface area contributed by atoms with Crippen LogP contribution in [-0.2, 0) is 6.54 Å². The molecule has 2 N–H and O–H groups in total. The lowest BCUT2D eigenvalue weighted by Crippen LogP contribution is -2.12. The molecular weight excluding hydrogens is 256 g/mol. The number of carboxylic acids is 1. The Morgan fingerprint density at radius 3 is 2.90 bits per heavy atom. The number of carbonyl (C=O) groups is 1. The third-order valence-electron chi connectivity index (χ3n) is 3.01. The standard InChI is InChI=1S/C14H18N4O2/c1-10-8-12(13(14(19)20)11(2)17-10)16-4-3-6-18-7-5-15-9-18/h5,7-9H,3-4,6H2,1-2H3,(H,16,17)(H,19,20). The zero-order chi connectivity index (χ0) is 14.5. The summed E-state index contributed by atoms with van der Waals surface area (Å²) in [7, 11) is 0. The van der Waals surface area contributed by atoms with Crippen molar-refractivity contribution in [2.45, 2.75) is 26.8 Å². The summed E-state index contributed by atoms with van der Waals surface area (Å²) in [5.41, 5.74) is 2.23. The van der Waals surface area contributed by atoms with E-state index in [4.69, 9.17) is 0 Å². The molecule has 0 fully saturated rings. The molecule has 0 aliphatic rings. The van der Waals surface area contributed by atoms with Gasteiger partial charge in [-0.2, -0.15) is 0 Å². The molecule has 0 aromatic carbocycles. The van der Waals surface area contributed by atoms with Crippen LogP contribution in [0.25, 0.3) is 0 Å². The first-order valence-corrected chi connectivity index (χ1v) is 6.49. The molecule has 0 aliphatic carbocycles. The Balaban J connectivity index is 1.99. The molecule has 0 saturated carbocycles. The van der Waals surface area contributed by atoms with Crippen molar-refractivity contribution in [3.63, 3.8) is 0 Å². The quantitative estimate of drug-likeness (QED) is 0.788. The second-order valence-electron chi connectivity index (χ2n) is 4.66. The van der Waals surface area contributed by atoms with Crippen molar-refractivity contribution in [2.75, 3.05) is 11.9 Å². The number of rotatable bonds is 6. The Kier molecular flexibility index (Phi) is 4.34. The van der Waals surface area contributed by atoms with Gasteiger partial charge in [-0.25, -0.2) is 9.78 Å². The van der Waals surface area contributed by atoms with Gasteiger partial charge in [0.15, 0.2) is 0 Å². The molecule has 0 unspecified atom stereocenters. The van der Waals surface area contributed by atoms with Crippen molar-refractivity contribution in [1.82, 2.24) is 14.5 Å². The summed E-state index contributed by atoms with van der Waals surface area (Å²) >= 11 is 0. The molecule has 6 nitrogen and oxygen atoms in total. The van der Waals surface area contributed by atoms with Gasteiger partial charge >= 0.3 is 5.97 Å². The number of nitrogens with zero attached hydrogens (tertiary/aromatic N) is 3. The summed E-state index contributed by atoms with van der Waals surface area (Å²) in [5.74, 6) is -0.952. The van der Waals surface area contributed by atoms with Crippen molar-refractivity contribution in [3.8, 4) is 0 Å². The maximum Gasteiger partial charge on any atom is 0.339 e. The van der Waals surface area contributed by atoms with E-state index < -0.39 is 5.97 Å². The minimum atomic E-state index is -0.952. The Morgan fingerprint density at radius 1 is 1.45 bits per heavy atom. The fraction of sp³-hybridized carbons (Fsp3) is 0.357. The molecule has 0 amide bonds. The van der Waals surface area contributed by atoms with Crippen molar-refractivity contribution >= 4 is 11.7 Å². The predicted molar refractivity (Wildman–Crippen MR) is 76.0 cm³/mol. The van der Waals surface area contributed by atoms with Gasteiger partial charge in [-0.1, -0.05) is 0 Å². The SMILES string of the molecule is Cc1cc(NCCCn2ccnc2)c(C(=O)O)c(C)n1. The molecule has 0 saturated heterocycles. The van der Waals surface area contributed by atoms with E-state index in [1.807, 2.05) is 17.7 Å². The van der Waals surface area contributed by atoms with E-state index in [-0.39, 0.29) is 5.56 Å². The largest absolute Gasteiger partial charge is 0.478 e. The summed E-state index contributed by atoms with van der Waals surface area (Å²) in [4.78, 5) is 19.4. The molecule has 0 bridgehead atoms. The predicted octanol–water partition coefficient (Wildman–Crippen LogP) is 2.10. The van der Waals surface area contributed by atoms with Crippen LogP contribution in [-0.4, -0.2) is 32.2 Å². The first kappa shape index (κ1) is 14.0. The molecule has 20 heavy (non-hydrogen) atoms. The van der Waals surface area contributed by atoms with E-state index in [1.165, 1.54) is 0 Å². The number of hydrogen-bond donors (Lipinski definition) is 2. The molecule has 6 heteroatoms. The number of aromatic carboxylic acids is 1. The highest BCUT2D eigenvalue weighted by Crippen LogP contribution is 2.19. The zero-order valence-electron chi connectivity index (χ0n) is 11.6. The van der Waals surface area contributed by atoms with Crippen LogP contribution in [0.15, 0.2) is 24.8 Å². The number of hydrogen-bond acceptors (Lipinski definition) is 4. The first-order chi connectivity index (χ1) is 9.58. The van der Waals surface area contributed by atoms with Crippen molar-refractivity contribution in [3.05, 3.63) is 41.7 Å². The molecule has 2 heterocycles. The van der Waals surface area contributed by atoms with Crippen LogP contribution >= 0.6 is 0 Å². The molecule has 2 aromatic rings. The summed E-state index contributed by atoms with van der Waals surface area (Å²) in [5, 5.41) is 12.4. The number of pyridine rings is 1. The Morgan fingerprint density at radius 2 is 2.25 bits per heavy atom. The second kappa shape index (κ2) is 6.18. The van der Waals surface area contributed by atoms with E-state index in [0.29, 0.717) is 17.9 Å². The molecule has 2 rings (SSSR count). The minimum Gasteiger partial charge on any atom is -0.478 e. The van der Waals surface area contributed by atoms with Gasteiger partial charge in [-0.05, 0) is 26.3 Å². The van der Waals surface area contributed by atoms with Crippen LogP contribution in [0.4, 0.5) is 5.69 Å². The topological polar surface area (TPSA) is 80.0 Å². The van der Waals surface area contributed by atoms with Gasteiger partial charge in [-0.15, -0.1) is 0 Å². The van der Waals surface area contributed by atoms with E-state index >= 15 is 0 Å². The summed E-state index contributed by atoms with van der Waals surface area (Å²) in [6.07, 6.45) is 6.30. The number of nitrogens with one attached hydrogen (secondary N) is 1. The number of anilines is 1. The van der Waals surface area contributed by atoms with Gasteiger partial charge in [0.1, 0.15) is 5.56 Å². The smallest absolute Gasteiger partial charge is 0.339 e. The number of carboxylic acid groups (broad SMARTS) is 1. The van der Waals surface area contributed by atoms with Gasteiger partial charge in [0.05, 0.1) is 17.7 Å². The van der Waals surface area contributed by atoms with Crippen LogP contribution < -0.4 is 5.32 Å². The van der Waals surface area contributed by atoms with Crippen molar-refractivity contribution < 1.29 is 9.90 Å². The Hall–Kier alpha value is -2.37. The average Bonchev–Trinajstić information content (AvgIpc) is 2.86. The lowest BCUT2D eigenvalue weighted by Gasteiger charge is -2.12. The van der Waals surface area contributed by atoms with E-state index in [9.17, 15) is 9.90 Å². The zero-order valence-corrected chi connectivity index (χ0v) is 11.6. The number of aromatic nitrogens is 3. The van der Waals surface area contributed by atoms with Gasteiger partial charge < -0.3 is 15.0 Å². The van der Waals surface area contributed by atoms with Gasteiger partial charge in [0, 0.05) is 31.2 Å². The highest BCUT2D eigenvalue weighted by Gasteiger charge is 2.14. The Bertz CT molecular complexity index is 593. The van der Waals surface area contributed by atoms with E-state index in [2.05, 4.69) is 15.3 Å². The fourth-order valence-electron chi connectivity index (χ4n) is 2.14. The molecule has 2 aromatic heterocycles. The third-order valence-corrected chi connectivity index (χ3v) is 3.01. The van der Waals surface area contributed by atoms with Gasteiger partial charge in [-0.3, -0.25) is 4.98 Å². The maximum atomic E-state index is 11.3. The molecule has 0 aliphatic heterocycles. The van der Waals surface area contributed by atoms with Crippen LogP contribution in [0.5, 0.6) is 0 Å². The summed E-state index contributed by atoms with van der Waals surface area (Å²) in [6, 6.07) is 1.77. The van der Waals surface area contributed by atoms with E-state index in [1.54, 1.807) is 25.5 Å². The molecule has 0 spiro atoms. The third kappa shape index (κ3) is 3.34. The van der Waals surface area contributed by atoms with E-state index in [0.717, 1.165) is 18.7 Å². The average molecular weight is 274 g/mol. The monoisotopic (exact) mass is 274 g/mol. The van der Waals surface area contributed by atoms with Crippen molar-refractivity contribution in [1.29, 1.82) is 0 Å². The molecular formula is C14H18N4O2. The van der Waals surface area contributed by atoms with Gasteiger partial charge in [0.25, 0.3) is 0 Å². The van der Waals surface area contributed by atoms with Crippen LogP contribution in [0.2, 0.25) is 0 Å². The van der Waals surface area contributed by atoms with Crippen LogP contribution in [0.3, 0.4) is 0 Å². The minimum absolute atomic E-state index is 0.248. The molecule has 0 radical (unpaired) electrons. The number of aryl methyl sites for hydroxylation is 3. The van der Waals surface area contributed by atoms with Crippen LogP contribution in [0, 0.1) is 13.8 Å². The highest BCUT2D eigenvalue weighted by atomic mass is 16.4. The number of imidazole rings is 1. The second-order valence-corrected chi connectivity index (χ2v) is 4.66. The summed E-state index contributed by atoms with van der Waals surface area (Å²) in [6.45, 7) is 5.11. The van der Waals surface area contributed by atoms with Gasteiger partial charge in [0.2, 0.25) is 0 Å². The lowest BCUT2D eigenvalue weighted by molar-refractivity contribution is 0.0696. The molecule has 106 valence electrons. The first-order valence-electron chi connectivity index (χ1n) is 6.49. The van der Waals surface area contributed by atoms with Crippen LogP contribution in [0.1, 0.15) is 28.2 Å². The summed E-state index contributed by atoms with van der Waals surface area (Å²) < 4.78 is 1.99. The maximum absolute atomic E-state index is 11.3. The lowest BCUT2D eigenvalue weighted by atomic mass is 10.1. The normalized spacial score (nSPS) is 10.5. The highest BCUT2D eigenvalue weighted by molar-refractivity contribution is 5.95. The van der Waals surface area contributed by atoms with Crippen molar-refractivity contribution in [2.24, 2.45) is 0 Å². The fourth-order valence-corrected chi connectivity index (χ4v) is 2.14. The Labute approximate surface area is 117 Å².